The van der Waals surface area contributed by atoms with Gasteiger partial charge in [0.2, 0.25) is 0 Å². The summed E-state index contributed by atoms with van der Waals surface area (Å²) in [5.74, 6) is -0.341. The molecule has 130 valence electrons. The Morgan fingerprint density at radius 3 is 2.36 bits per heavy atom. The molecule has 1 aromatic carbocycles. The van der Waals surface area contributed by atoms with E-state index in [4.69, 9.17) is 15.3 Å². The molecule has 0 saturated carbocycles. The zero-order valence-corrected chi connectivity index (χ0v) is 14.1. The van der Waals surface area contributed by atoms with Crippen molar-refractivity contribution in [3.63, 3.8) is 0 Å². The Balaban J connectivity index is 2.38. The number of allylic oxidation sites excluding steroid dienone is 1. The highest BCUT2D eigenvalue weighted by molar-refractivity contribution is 6.22. The fourth-order valence-electron chi connectivity index (χ4n) is 2.34. The van der Waals surface area contributed by atoms with Gasteiger partial charge < -0.3 is 25.7 Å². The average Bonchev–Trinajstić information content (AvgIpc) is 2.55. The number of aryl methyl sites for hydroxylation is 1. The van der Waals surface area contributed by atoms with Crippen molar-refractivity contribution in [1.82, 2.24) is 4.98 Å². The number of hydrogen-bond acceptors (Lipinski definition) is 6. The second kappa shape index (κ2) is 7.48. The van der Waals surface area contributed by atoms with E-state index >= 15 is 0 Å². The van der Waals surface area contributed by atoms with Crippen molar-refractivity contribution in [3.8, 4) is 5.75 Å². The molecule has 0 aliphatic carbocycles. The van der Waals surface area contributed by atoms with E-state index < -0.39 is 5.97 Å². The number of aliphatic hydroxyl groups is 1. The van der Waals surface area contributed by atoms with Crippen LogP contribution in [0.25, 0.3) is 5.57 Å². The van der Waals surface area contributed by atoms with Crippen LogP contribution < -0.4 is 10.1 Å². The number of aromatic carboxylic acids is 1. The van der Waals surface area contributed by atoms with Gasteiger partial charge in [-0.15, -0.1) is 0 Å². The Bertz CT molecular complexity index is 842. The predicted molar refractivity (Wildman–Crippen MR) is 95.5 cm³/mol. The second-order valence-electron chi connectivity index (χ2n) is 5.40. The van der Waals surface area contributed by atoms with E-state index in [9.17, 15) is 9.90 Å². The molecule has 0 fully saturated rings. The lowest BCUT2D eigenvalue weighted by Gasteiger charge is -2.13. The summed E-state index contributed by atoms with van der Waals surface area (Å²) in [6, 6.07) is 8.14. The first kappa shape index (κ1) is 18.0. The van der Waals surface area contributed by atoms with E-state index in [0.29, 0.717) is 16.9 Å². The maximum Gasteiger partial charge on any atom is 0.337 e. The molecule has 0 spiro atoms. The van der Waals surface area contributed by atoms with Gasteiger partial charge in [0.25, 0.3) is 0 Å². The van der Waals surface area contributed by atoms with Gasteiger partial charge in [-0.1, -0.05) is 6.07 Å². The summed E-state index contributed by atoms with van der Waals surface area (Å²) in [5.41, 5.74) is 2.04. The minimum atomic E-state index is -1.08. The summed E-state index contributed by atoms with van der Waals surface area (Å²) < 4.78 is 5.22. The fraction of sp³-hybridized carbons (Fsp3) is 0.167. The Labute approximate surface area is 145 Å². The Hall–Kier alpha value is -3.35. The van der Waals surface area contributed by atoms with Crippen LogP contribution in [0.15, 0.2) is 42.4 Å². The largest absolute Gasteiger partial charge is 0.496 e. The van der Waals surface area contributed by atoms with Crippen LogP contribution in [0.3, 0.4) is 0 Å². The van der Waals surface area contributed by atoms with Crippen LogP contribution >= 0.6 is 0 Å². The summed E-state index contributed by atoms with van der Waals surface area (Å²) >= 11 is 0. The molecular formula is C18H19N3O4. The number of pyridine rings is 1. The highest BCUT2D eigenvalue weighted by Crippen LogP contribution is 2.26. The number of carboxylic acid groups (broad SMARTS) is 1. The number of rotatable bonds is 6. The van der Waals surface area contributed by atoms with E-state index in [1.165, 1.54) is 18.3 Å². The van der Waals surface area contributed by atoms with E-state index in [1.807, 2.05) is 13.0 Å². The topological polar surface area (TPSA) is 116 Å². The first-order valence-corrected chi connectivity index (χ1v) is 7.43. The lowest BCUT2D eigenvalue weighted by molar-refractivity contribution is 0.0696. The van der Waals surface area contributed by atoms with Crippen LogP contribution in [0.2, 0.25) is 0 Å². The summed E-state index contributed by atoms with van der Waals surface area (Å²) in [5, 5.41) is 30.0. The van der Waals surface area contributed by atoms with E-state index in [1.54, 1.807) is 26.2 Å². The maximum absolute atomic E-state index is 10.8. The Morgan fingerprint density at radius 2 is 1.88 bits per heavy atom. The second-order valence-corrected chi connectivity index (χ2v) is 5.40. The van der Waals surface area contributed by atoms with Gasteiger partial charge in [-0.2, -0.15) is 0 Å². The molecule has 2 aromatic rings. The molecule has 0 aliphatic heterocycles. The zero-order valence-electron chi connectivity index (χ0n) is 14.1. The van der Waals surface area contributed by atoms with Crippen LogP contribution in [0.4, 0.5) is 5.82 Å². The van der Waals surface area contributed by atoms with E-state index in [2.05, 4.69) is 10.3 Å². The molecule has 0 atom stereocenters. The van der Waals surface area contributed by atoms with Gasteiger partial charge in [-0.25, -0.2) is 9.78 Å². The number of anilines is 1. The van der Waals surface area contributed by atoms with Crippen LogP contribution in [-0.4, -0.2) is 34.0 Å². The quantitative estimate of drug-likeness (QED) is 0.472. The van der Waals surface area contributed by atoms with Crippen LogP contribution in [-0.2, 0) is 0 Å². The molecule has 0 bridgehead atoms. The third-order valence-corrected chi connectivity index (χ3v) is 3.55. The molecule has 4 N–H and O–H groups in total. The number of aliphatic hydroxyl groups excluding tert-OH is 1. The molecule has 1 aromatic heterocycles. The number of benzene rings is 1. The van der Waals surface area contributed by atoms with Gasteiger partial charge in [-0.3, -0.25) is 0 Å². The number of carboxylic acids is 1. The van der Waals surface area contributed by atoms with Crippen molar-refractivity contribution >= 4 is 23.1 Å². The zero-order chi connectivity index (χ0) is 18.6. The number of aromatic nitrogens is 1. The van der Waals surface area contributed by atoms with Crippen molar-refractivity contribution in [2.75, 3.05) is 12.4 Å². The van der Waals surface area contributed by atoms with Crippen molar-refractivity contribution in [3.05, 3.63) is 59.1 Å². The van der Waals surface area contributed by atoms with Crippen LogP contribution in [0.5, 0.6) is 5.75 Å². The molecule has 7 nitrogen and oxygen atoms in total. The first-order valence-electron chi connectivity index (χ1n) is 7.43. The van der Waals surface area contributed by atoms with E-state index in [0.717, 1.165) is 5.56 Å². The van der Waals surface area contributed by atoms with Gasteiger partial charge >= 0.3 is 5.97 Å². The molecular weight excluding hydrogens is 322 g/mol. The molecule has 1 heterocycles. The van der Waals surface area contributed by atoms with Crippen LogP contribution in [0, 0.1) is 12.3 Å². The minimum Gasteiger partial charge on any atom is -0.496 e. The molecule has 2 rings (SSSR count). The SMILES string of the molecule is COc1ccc(/C(C(C)=N)=C(\O)Nc2ccc(C(=O)O)cn2)cc1C. The smallest absolute Gasteiger partial charge is 0.337 e. The maximum atomic E-state index is 10.8. The number of nitrogens with zero attached hydrogens (tertiary/aromatic N) is 1. The number of methoxy groups -OCH3 is 1. The van der Waals surface area contributed by atoms with Crippen LogP contribution in [0.1, 0.15) is 28.4 Å². The molecule has 0 unspecified atom stereocenters. The lowest BCUT2D eigenvalue weighted by atomic mass is 10.00. The van der Waals surface area contributed by atoms with Gasteiger partial charge in [0, 0.05) is 11.9 Å². The summed E-state index contributed by atoms with van der Waals surface area (Å²) in [6.07, 6.45) is 1.19. The molecule has 0 radical (unpaired) electrons. The lowest BCUT2D eigenvalue weighted by Crippen LogP contribution is -2.09. The molecule has 0 aliphatic rings. The van der Waals surface area contributed by atoms with Crippen molar-refractivity contribution < 1.29 is 19.7 Å². The minimum absolute atomic E-state index is 0.0447. The number of hydrogen-bond donors (Lipinski definition) is 4. The number of ether oxygens (including phenoxy) is 1. The van der Waals surface area contributed by atoms with Crippen molar-refractivity contribution in [2.24, 2.45) is 0 Å². The van der Waals surface area contributed by atoms with Crippen molar-refractivity contribution in [1.29, 1.82) is 5.41 Å². The third kappa shape index (κ3) is 4.14. The Kier molecular flexibility index (Phi) is 5.38. The molecule has 25 heavy (non-hydrogen) atoms. The molecule has 0 saturated heterocycles. The van der Waals surface area contributed by atoms with Gasteiger partial charge in [0.15, 0.2) is 5.88 Å². The molecule has 7 heteroatoms. The Morgan fingerprint density at radius 1 is 1.20 bits per heavy atom. The van der Waals surface area contributed by atoms with Gasteiger partial charge in [0.05, 0.1) is 18.2 Å². The summed E-state index contributed by atoms with van der Waals surface area (Å²) in [4.78, 5) is 14.8. The van der Waals surface area contributed by atoms with E-state index in [-0.39, 0.29) is 23.0 Å². The van der Waals surface area contributed by atoms with Gasteiger partial charge in [-0.05, 0) is 49.2 Å². The van der Waals surface area contributed by atoms with Gasteiger partial charge in [0.1, 0.15) is 11.6 Å². The summed E-state index contributed by atoms with van der Waals surface area (Å²) in [7, 11) is 1.58. The monoisotopic (exact) mass is 341 g/mol. The van der Waals surface area contributed by atoms with Crippen molar-refractivity contribution in [2.45, 2.75) is 13.8 Å². The molecule has 0 amide bonds. The predicted octanol–water partition coefficient (Wildman–Crippen LogP) is 3.48. The average molecular weight is 341 g/mol. The normalized spacial score (nSPS) is 11.5. The number of carbonyl (C=O) groups is 1. The fourth-order valence-corrected chi connectivity index (χ4v) is 2.34. The highest BCUT2D eigenvalue weighted by atomic mass is 16.5. The standard InChI is InChI=1S/C18H19N3O4/c1-10-8-12(4-6-14(10)25-3)16(11(2)19)17(22)21-15-7-5-13(9-20-15)18(23)24/h4-9,19,22H,1-3H3,(H,20,21)(H,23,24)/b17-16-,19-11?. The number of nitrogens with one attached hydrogen (secondary N) is 2. The highest BCUT2D eigenvalue weighted by Gasteiger charge is 2.14. The summed E-state index contributed by atoms with van der Waals surface area (Å²) in [6.45, 7) is 3.43. The third-order valence-electron chi connectivity index (χ3n) is 3.55. The first-order chi connectivity index (χ1) is 11.8.